The first-order chi connectivity index (χ1) is 11.3. The maximum absolute atomic E-state index is 11.8. The second-order valence-electron chi connectivity index (χ2n) is 6.63. The second-order valence-corrected chi connectivity index (χ2v) is 6.63. The molecule has 6 nitrogen and oxygen atoms in total. The molecule has 0 fully saturated rings. The average Bonchev–Trinajstić information content (AvgIpc) is 2.53. The van der Waals surface area contributed by atoms with Crippen molar-refractivity contribution in [2.45, 2.75) is 40.5 Å². The first-order valence-corrected chi connectivity index (χ1v) is 8.50. The van der Waals surface area contributed by atoms with Crippen LogP contribution in [0.25, 0.3) is 0 Å². The van der Waals surface area contributed by atoms with Gasteiger partial charge in [-0.25, -0.2) is 4.79 Å². The van der Waals surface area contributed by atoms with Crippen LogP contribution in [0.3, 0.4) is 0 Å². The Morgan fingerprint density at radius 3 is 2.54 bits per heavy atom. The summed E-state index contributed by atoms with van der Waals surface area (Å²) in [5.74, 6) is -0.742. The third kappa shape index (κ3) is 5.65. The summed E-state index contributed by atoms with van der Waals surface area (Å²) in [6, 6.07) is 0. The van der Waals surface area contributed by atoms with Gasteiger partial charge in [-0.05, 0) is 43.9 Å². The number of hydrogen-bond acceptors (Lipinski definition) is 5. The molecule has 0 bridgehead atoms. The van der Waals surface area contributed by atoms with Crippen molar-refractivity contribution in [3.8, 4) is 0 Å². The van der Waals surface area contributed by atoms with Gasteiger partial charge in [0.1, 0.15) is 0 Å². The van der Waals surface area contributed by atoms with Crippen molar-refractivity contribution in [2.24, 2.45) is 23.7 Å². The van der Waals surface area contributed by atoms with E-state index in [9.17, 15) is 14.4 Å². The van der Waals surface area contributed by atoms with E-state index < -0.39 is 11.9 Å². The van der Waals surface area contributed by atoms with Gasteiger partial charge >= 0.3 is 17.8 Å². The van der Waals surface area contributed by atoms with E-state index in [0.29, 0.717) is 31.4 Å². The Bertz CT molecular complexity index is 498. The molecule has 24 heavy (non-hydrogen) atoms. The monoisotopic (exact) mass is 339 g/mol. The van der Waals surface area contributed by atoms with Crippen LogP contribution in [0.5, 0.6) is 0 Å². The molecule has 136 valence electrons. The molecule has 3 unspecified atom stereocenters. The SMILES string of the molecule is CCOC(=O)CC1CC(C(C)C)C(CNC(=O)C(=O)OC)C=C1C. The Kier molecular flexibility index (Phi) is 7.95. The molecule has 0 aromatic heterocycles. The van der Waals surface area contributed by atoms with E-state index in [1.54, 1.807) is 6.92 Å². The van der Waals surface area contributed by atoms with E-state index in [-0.39, 0.29) is 17.8 Å². The van der Waals surface area contributed by atoms with Gasteiger partial charge in [0.05, 0.1) is 20.1 Å². The van der Waals surface area contributed by atoms with E-state index in [1.807, 2.05) is 6.92 Å². The zero-order valence-corrected chi connectivity index (χ0v) is 15.3. The fourth-order valence-corrected chi connectivity index (χ4v) is 3.30. The second kappa shape index (κ2) is 9.45. The molecule has 0 aromatic carbocycles. The van der Waals surface area contributed by atoms with Crippen LogP contribution in [-0.4, -0.2) is 38.1 Å². The predicted molar refractivity (Wildman–Crippen MR) is 90.0 cm³/mol. The van der Waals surface area contributed by atoms with E-state index in [4.69, 9.17) is 4.74 Å². The maximum Gasteiger partial charge on any atom is 0.396 e. The minimum atomic E-state index is -0.882. The van der Waals surface area contributed by atoms with Crippen LogP contribution in [0.1, 0.15) is 40.5 Å². The third-order valence-corrected chi connectivity index (χ3v) is 4.67. The van der Waals surface area contributed by atoms with Gasteiger partial charge in [0.25, 0.3) is 0 Å². The van der Waals surface area contributed by atoms with Gasteiger partial charge in [0.2, 0.25) is 0 Å². The number of hydrogen-bond donors (Lipinski definition) is 1. The van der Waals surface area contributed by atoms with Crippen molar-refractivity contribution in [3.63, 3.8) is 0 Å². The molecule has 0 aromatic rings. The number of rotatable bonds is 6. The molecule has 3 atom stereocenters. The van der Waals surface area contributed by atoms with Crippen molar-refractivity contribution in [1.29, 1.82) is 0 Å². The Balaban J connectivity index is 2.77. The van der Waals surface area contributed by atoms with E-state index in [1.165, 1.54) is 7.11 Å². The van der Waals surface area contributed by atoms with Gasteiger partial charge in [0, 0.05) is 6.54 Å². The fourth-order valence-electron chi connectivity index (χ4n) is 3.30. The predicted octanol–water partition coefficient (Wildman–Crippen LogP) is 2.08. The Labute approximate surface area is 144 Å². The number of carbonyl (C=O) groups excluding carboxylic acids is 3. The van der Waals surface area contributed by atoms with Crippen molar-refractivity contribution in [3.05, 3.63) is 11.6 Å². The molecular formula is C18H29NO5. The van der Waals surface area contributed by atoms with E-state index in [0.717, 1.165) is 12.0 Å². The lowest BCUT2D eigenvalue weighted by atomic mass is 9.70. The lowest BCUT2D eigenvalue weighted by Crippen LogP contribution is -2.40. The molecule has 1 rings (SSSR count). The normalized spacial score (nSPS) is 23.4. The average molecular weight is 339 g/mol. The number of amides is 1. The summed E-state index contributed by atoms with van der Waals surface area (Å²) >= 11 is 0. The summed E-state index contributed by atoms with van der Waals surface area (Å²) in [5, 5.41) is 2.63. The molecule has 6 heteroatoms. The van der Waals surface area contributed by atoms with Gasteiger partial charge in [0.15, 0.2) is 0 Å². The molecule has 1 N–H and O–H groups in total. The molecule has 0 heterocycles. The molecule has 0 spiro atoms. The summed E-state index contributed by atoms with van der Waals surface area (Å²) in [6.45, 7) is 8.86. The summed E-state index contributed by atoms with van der Waals surface area (Å²) in [4.78, 5) is 34.6. The Hall–Kier alpha value is -1.85. The first kappa shape index (κ1) is 20.2. The lowest BCUT2D eigenvalue weighted by molar-refractivity contribution is -0.152. The van der Waals surface area contributed by atoms with Crippen molar-refractivity contribution >= 4 is 17.8 Å². The molecule has 1 aliphatic rings. The van der Waals surface area contributed by atoms with Gasteiger partial charge < -0.3 is 14.8 Å². The molecule has 0 saturated carbocycles. The van der Waals surface area contributed by atoms with Gasteiger partial charge in [-0.1, -0.05) is 25.5 Å². The van der Waals surface area contributed by atoms with Crippen LogP contribution in [0.15, 0.2) is 11.6 Å². The van der Waals surface area contributed by atoms with Crippen LogP contribution < -0.4 is 5.32 Å². The number of esters is 2. The van der Waals surface area contributed by atoms with Gasteiger partial charge in [-0.15, -0.1) is 0 Å². The minimum absolute atomic E-state index is 0.136. The van der Waals surface area contributed by atoms with Crippen LogP contribution >= 0.6 is 0 Å². The molecule has 0 aliphatic heterocycles. The quantitative estimate of drug-likeness (QED) is 0.455. The Morgan fingerprint density at radius 1 is 1.33 bits per heavy atom. The van der Waals surface area contributed by atoms with Crippen LogP contribution in [0.4, 0.5) is 0 Å². The topological polar surface area (TPSA) is 81.7 Å². The van der Waals surface area contributed by atoms with E-state index >= 15 is 0 Å². The highest BCUT2D eigenvalue weighted by atomic mass is 16.5. The number of carbonyl (C=O) groups is 3. The summed E-state index contributed by atoms with van der Waals surface area (Å²) in [7, 11) is 1.18. The summed E-state index contributed by atoms with van der Waals surface area (Å²) in [5.41, 5.74) is 1.14. The lowest BCUT2D eigenvalue weighted by Gasteiger charge is -2.37. The zero-order chi connectivity index (χ0) is 18.3. The smallest absolute Gasteiger partial charge is 0.396 e. The molecule has 0 radical (unpaired) electrons. The van der Waals surface area contributed by atoms with Crippen molar-refractivity contribution in [1.82, 2.24) is 5.32 Å². The number of allylic oxidation sites excluding steroid dienone is 1. The molecular weight excluding hydrogens is 310 g/mol. The maximum atomic E-state index is 11.8. The largest absolute Gasteiger partial charge is 0.466 e. The number of nitrogens with one attached hydrogen (secondary N) is 1. The Morgan fingerprint density at radius 2 is 2.00 bits per heavy atom. The van der Waals surface area contributed by atoms with E-state index in [2.05, 4.69) is 30.0 Å². The molecule has 1 aliphatic carbocycles. The van der Waals surface area contributed by atoms with Gasteiger partial charge in [-0.2, -0.15) is 0 Å². The van der Waals surface area contributed by atoms with Gasteiger partial charge in [-0.3, -0.25) is 9.59 Å². The minimum Gasteiger partial charge on any atom is -0.466 e. The summed E-state index contributed by atoms with van der Waals surface area (Å²) < 4.78 is 9.47. The summed E-state index contributed by atoms with van der Waals surface area (Å²) in [6.07, 6.45) is 3.38. The zero-order valence-electron chi connectivity index (χ0n) is 15.3. The van der Waals surface area contributed by atoms with Crippen LogP contribution in [-0.2, 0) is 23.9 Å². The van der Waals surface area contributed by atoms with Crippen molar-refractivity contribution in [2.75, 3.05) is 20.3 Å². The standard InChI is InChI=1S/C18H29NO5/c1-6-24-16(20)9-13-8-15(11(2)3)14(7-12(13)4)10-19-17(21)18(22)23-5/h7,11,13-15H,6,8-10H2,1-5H3,(H,19,21). The third-order valence-electron chi connectivity index (χ3n) is 4.67. The highest BCUT2D eigenvalue weighted by Crippen LogP contribution is 2.38. The first-order valence-electron chi connectivity index (χ1n) is 8.50. The molecule has 1 amide bonds. The highest BCUT2D eigenvalue weighted by molar-refractivity contribution is 6.32. The molecule has 0 saturated heterocycles. The number of methoxy groups -OCH3 is 1. The number of ether oxygens (including phenoxy) is 2. The van der Waals surface area contributed by atoms with Crippen LogP contribution in [0.2, 0.25) is 0 Å². The fraction of sp³-hybridized carbons (Fsp3) is 0.722. The van der Waals surface area contributed by atoms with Crippen molar-refractivity contribution < 1.29 is 23.9 Å². The van der Waals surface area contributed by atoms with Crippen LogP contribution in [0, 0.1) is 23.7 Å². The highest BCUT2D eigenvalue weighted by Gasteiger charge is 2.33.